The van der Waals surface area contributed by atoms with Gasteiger partial charge in [-0.15, -0.1) is 0 Å². The fourth-order valence-corrected chi connectivity index (χ4v) is 5.34. The molecule has 5 rings (SSSR count). The smallest absolute Gasteiger partial charge is 0.249 e. The predicted octanol–water partition coefficient (Wildman–Crippen LogP) is 2.77. The summed E-state index contributed by atoms with van der Waals surface area (Å²) in [7, 11) is 0. The third kappa shape index (κ3) is 3.94. The van der Waals surface area contributed by atoms with Gasteiger partial charge in [-0.2, -0.15) is 5.26 Å². The number of carbonyl (C=O) groups excluding carboxylic acids is 2. The third-order valence-corrected chi connectivity index (χ3v) is 6.94. The molecule has 3 aliphatic rings. The van der Waals surface area contributed by atoms with Crippen LogP contribution in [0.3, 0.4) is 0 Å². The minimum absolute atomic E-state index is 0.0829. The van der Waals surface area contributed by atoms with Crippen molar-refractivity contribution in [3.05, 3.63) is 87.8 Å². The van der Waals surface area contributed by atoms with Gasteiger partial charge in [0.05, 0.1) is 22.7 Å². The summed E-state index contributed by atoms with van der Waals surface area (Å²) in [6.07, 6.45) is 7.38. The van der Waals surface area contributed by atoms with Gasteiger partial charge in [-0.05, 0) is 42.0 Å². The molecule has 0 radical (unpaired) electrons. The highest BCUT2D eigenvalue weighted by Gasteiger charge is 2.40. The molecule has 6 nitrogen and oxygen atoms in total. The lowest BCUT2D eigenvalue weighted by molar-refractivity contribution is -0.127. The number of allylic oxidation sites excluding steroid dienone is 2. The highest BCUT2D eigenvalue weighted by molar-refractivity contribution is 8.10. The molecule has 1 amide bonds. The Kier molecular flexibility index (Phi) is 5.76. The van der Waals surface area contributed by atoms with Crippen molar-refractivity contribution in [3.63, 3.8) is 0 Å². The van der Waals surface area contributed by atoms with Crippen molar-refractivity contribution in [3.8, 4) is 6.07 Å². The molecule has 0 bridgehead atoms. The monoisotopic (exact) mass is 454 g/mol. The topological polar surface area (TPSA) is 85.2 Å². The van der Waals surface area contributed by atoms with Crippen molar-refractivity contribution >= 4 is 40.2 Å². The first kappa shape index (κ1) is 21.1. The lowest BCUT2D eigenvalue weighted by Crippen LogP contribution is -2.45. The van der Waals surface area contributed by atoms with Crippen LogP contribution in [-0.4, -0.2) is 22.7 Å². The molecule has 2 N–H and O–H groups in total. The van der Waals surface area contributed by atoms with Crippen molar-refractivity contribution in [1.82, 2.24) is 10.4 Å². The number of carbonyl (C=O) groups is 2. The summed E-state index contributed by atoms with van der Waals surface area (Å²) in [5, 5.41) is 18.6. The molecule has 0 fully saturated rings. The predicted molar refractivity (Wildman–Crippen MR) is 129 cm³/mol. The van der Waals surface area contributed by atoms with Gasteiger partial charge in [0.15, 0.2) is 5.92 Å². The average Bonchev–Trinajstić information content (AvgIpc) is 3.26. The minimum Gasteiger partial charge on any atom is -0.325 e. The second kappa shape index (κ2) is 9.00. The summed E-state index contributed by atoms with van der Waals surface area (Å²) in [4.78, 5) is 27.1. The number of nitriles is 1. The van der Waals surface area contributed by atoms with Gasteiger partial charge in [-0.1, -0.05) is 66.4 Å². The van der Waals surface area contributed by atoms with E-state index >= 15 is 0 Å². The Bertz CT molecular complexity index is 1340. The Labute approximate surface area is 195 Å². The first-order chi connectivity index (χ1) is 16.2. The van der Waals surface area contributed by atoms with Crippen LogP contribution in [0.5, 0.6) is 0 Å². The number of rotatable bonds is 5. The minimum atomic E-state index is -1.46. The quantitative estimate of drug-likeness (QED) is 0.534. The van der Waals surface area contributed by atoms with Crippen LogP contribution in [0.4, 0.5) is 5.69 Å². The number of hydrogen-bond donors (Lipinski definition) is 2. The zero-order valence-electron chi connectivity index (χ0n) is 17.8. The number of benzene rings is 2. The Morgan fingerprint density at radius 2 is 1.94 bits per heavy atom. The summed E-state index contributed by atoms with van der Waals surface area (Å²) < 4.78 is 0. The van der Waals surface area contributed by atoms with E-state index in [4.69, 9.17) is 0 Å². The highest BCUT2D eigenvalue weighted by Crippen LogP contribution is 2.39. The van der Waals surface area contributed by atoms with E-state index in [2.05, 4.69) is 22.9 Å². The zero-order valence-corrected chi connectivity index (χ0v) is 18.6. The number of hydrazine groups is 1. The number of fused-ring (bicyclic) bond motifs is 2. The Balaban J connectivity index is 1.53. The zero-order chi connectivity index (χ0) is 22.8. The van der Waals surface area contributed by atoms with Crippen LogP contribution < -0.4 is 21.2 Å². The number of ketones is 1. The lowest BCUT2D eigenvalue weighted by atomic mass is 10.0. The van der Waals surface area contributed by atoms with Crippen LogP contribution in [0, 0.1) is 17.2 Å². The van der Waals surface area contributed by atoms with Crippen molar-refractivity contribution in [2.24, 2.45) is 5.92 Å². The van der Waals surface area contributed by atoms with Crippen LogP contribution in [0.2, 0.25) is 0 Å². The second-order valence-corrected chi connectivity index (χ2v) is 8.95. The van der Waals surface area contributed by atoms with Crippen molar-refractivity contribution in [2.75, 3.05) is 5.32 Å². The molecule has 2 unspecified atom stereocenters. The normalized spacial score (nSPS) is 19.5. The molecule has 0 saturated carbocycles. The van der Waals surface area contributed by atoms with Gasteiger partial charge in [0.25, 0.3) is 0 Å². The maximum atomic E-state index is 13.5. The molecule has 7 heteroatoms. The van der Waals surface area contributed by atoms with Gasteiger partial charge in [-0.25, -0.2) is 0 Å². The van der Waals surface area contributed by atoms with E-state index in [1.165, 1.54) is 11.8 Å². The molecule has 164 valence electrons. The summed E-state index contributed by atoms with van der Waals surface area (Å²) in [6, 6.07) is 18.9. The molecule has 1 aliphatic carbocycles. The number of amides is 1. The van der Waals surface area contributed by atoms with Crippen molar-refractivity contribution in [2.45, 2.75) is 25.3 Å². The number of nitrogens with one attached hydrogen (secondary N) is 2. The number of anilines is 1. The van der Waals surface area contributed by atoms with Gasteiger partial charge >= 0.3 is 0 Å². The Morgan fingerprint density at radius 1 is 1.15 bits per heavy atom. The van der Waals surface area contributed by atoms with Crippen LogP contribution >= 0.6 is 11.8 Å². The maximum Gasteiger partial charge on any atom is 0.249 e. The van der Waals surface area contributed by atoms with E-state index in [1.54, 1.807) is 24.3 Å². The van der Waals surface area contributed by atoms with Crippen LogP contribution in [0.15, 0.2) is 77.4 Å². The van der Waals surface area contributed by atoms with Gasteiger partial charge in [0.1, 0.15) is 5.70 Å². The van der Waals surface area contributed by atoms with Crippen molar-refractivity contribution < 1.29 is 9.59 Å². The number of hydrogen-bond acceptors (Lipinski definition) is 6. The van der Waals surface area contributed by atoms with Gasteiger partial charge < -0.3 is 5.32 Å². The number of para-hydroxylation sites is 1. The molecule has 33 heavy (non-hydrogen) atoms. The second-order valence-electron chi connectivity index (χ2n) is 8.07. The third-order valence-electron chi connectivity index (χ3n) is 5.94. The Morgan fingerprint density at radius 3 is 2.70 bits per heavy atom. The fourth-order valence-electron chi connectivity index (χ4n) is 4.30. The van der Waals surface area contributed by atoms with E-state index in [9.17, 15) is 14.9 Å². The van der Waals surface area contributed by atoms with Crippen LogP contribution in [-0.2, 0) is 9.59 Å². The van der Waals surface area contributed by atoms with E-state index < -0.39 is 17.6 Å². The van der Waals surface area contributed by atoms with E-state index in [0.29, 0.717) is 11.4 Å². The Hall–Kier alpha value is -3.76. The SMILES string of the molecule is N#CC(C(=O)Nc1ccccc1)C(=O)C1=C2SC=c3ccccc3=C2N(C2C=CCCC2)N1. The standard InChI is InChI=1S/C26H22N4O2S/c27-15-21(26(32)28-18-10-3-1-4-11-18)24(31)22-25-23(20-14-8-7-9-17(20)16-33-25)30(29-22)19-12-5-2-6-13-19/h1,3-5,7-12,14,16,19,21,29H,2,6,13H2,(H,28,32). The molecule has 0 spiro atoms. The largest absolute Gasteiger partial charge is 0.325 e. The van der Waals surface area contributed by atoms with E-state index in [-0.39, 0.29) is 6.04 Å². The summed E-state index contributed by atoms with van der Waals surface area (Å²) in [6.45, 7) is 0. The molecular weight excluding hydrogens is 432 g/mol. The molecule has 2 heterocycles. The van der Waals surface area contributed by atoms with E-state index in [0.717, 1.165) is 40.3 Å². The van der Waals surface area contributed by atoms with Crippen LogP contribution in [0.25, 0.3) is 11.1 Å². The van der Waals surface area contributed by atoms with Crippen molar-refractivity contribution in [1.29, 1.82) is 5.26 Å². The number of Topliss-reactive ketones (excluding diaryl/α,β-unsaturated/α-hetero) is 1. The van der Waals surface area contributed by atoms with Crippen LogP contribution in [0.1, 0.15) is 19.3 Å². The average molecular weight is 455 g/mol. The number of nitrogens with zero attached hydrogens (tertiary/aromatic N) is 2. The summed E-state index contributed by atoms with van der Waals surface area (Å²) >= 11 is 1.45. The maximum absolute atomic E-state index is 13.5. The highest BCUT2D eigenvalue weighted by atomic mass is 32.2. The molecule has 2 atom stereocenters. The molecule has 0 saturated heterocycles. The molecule has 2 aliphatic heterocycles. The molecular formula is C26H22N4O2S. The lowest BCUT2D eigenvalue weighted by Gasteiger charge is -2.32. The van der Waals surface area contributed by atoms with E-state index in [1.807, 2.05) is 46.8 Å². The van der Waals surface area contributed by atoms with Gasteiger partial charge in [-0.3, -0.25) is 20.0 Å². The first-order valence-electron chi connectivity index (χ1n) is 10.9. The van der Waals surface area contributed by atoms with Gasteiger partial charge in [0.2, 0.25) is 11.7 Å². The molecule has 2 aromatic carbocycles. The fraction of sp³-hybridized carbons (Fsp3) is 0.192. The summed E-state index contributed by atoms with van der Waals surface area (Å²) in [5.41, 5.74) is 5.05. The molecule has 0 aromatic heterocycles. The first-order valence-corrected chi connectivity index (χ1v) is 11.8. The summed E-state index contributed by atoms with van der Waals surface area (Å²) in [5.74, 6) is -2.62. The van der Waals surface area contributed by atoms with Gasteiger partial charge in [0, 0.05) is 10.9 Å². The molecule has 2 aromatic rings. The number of thioether (sulfide) groups is 1.